The van der Waals surface area contributed by atoms with Gasteiger partial charge >= 0.3 is 0 Å². The molecule has 0 aliphatic rings. The predicted molar refractivity (Wildman–Crippen MR) is 198 cm³/mol. The molecule has 0 saturated carbocycles. The van der Waals surface area contributed by atoms with Crippen molar-refractivity contribution in [3.63, 3.8) is 0 Å². The zero-order chi connectivity index (χ0) is 31.8. The molecule has 2 aromatic heterocycles. The zero-order valence-electron chi connectivity index (χ0n) is 25.5. The van der Waals surface area contributed by atoms with Gasteiger partial charge in [0, 0.05) is 26.9 Å². The van der Waals surface area contributed by atoms with Crippen molar-refractivity contribution in [2.24, 2.45) is 0 Å². The lowest BCUT2D eigenvalue weighted by atomic mass is 9.96. The molecule has 2 heterocycles. The standard InChI is InChI=1S/C43H24ClN3O/c44-30-20-19-28-23-37(40-39(35(28)24-30)34-15-7-8-16-38(34)48-40)43-46-41(29-18-17-25-9-1-2-10-26(25)21-29)45-42(47-43)36-22-27-11-3-4-12-31(27)32-13-5-6-14-33(32)36/h1-24H. The average Bonchev–Trinajstić information content (AvgIpc) is 3.54. The molecule has 48 heavy (non-hydrogen) atoms. The fraction of sp³-hybridized carbons (Fsp3) is 0. The van der Waals surface area contributed by atoms with Crippen LogP contribution >= 0.6 is 11.6 Å². The molecule has 0 fully saturated rings. The molecule has 0 atom stereocenters. The monoisotopic (exact) mass is 633 g/mol. The molecule has 224 valence electrons. The van der Waals surface area contributed by atoms with Gasteiger partial charge in [-0.15, -0.1) is 0 Å². The van der Waals surface area contributed by atoms with Crippen LogP contribution in [0.4, 0.5) is 0 Å². The summed E-state index contributed by atoms with van der Waals surface area (Å²) in [5.74, 6) is 1.74. The van der Waals surface area contributed by atoms with Gasteiger partial charge in [0.1, 0.15) is 11.2 Å². The Morgan fingerprint density at radius 3 is 1.88 bits per heavy atom. The number of benzene rings is 8. The fourth-order valence-electron chi connectivity index (χ4n) is 7.07. The Morgan fingerprint density at radius 2 is 1.02 bits per heavy atom. The van der Waals surface area contributed by atoms with E-state index < -0.39 is 0 Å². The van der Waals surface area contributed by atoms with Gasteiger partial charge in [-0.25, -0.2) is 15.0 Å². The van der Waals surface area contributed by atoms with Crippen LogP contribution < -0.4 is 0 Å². The second-order valence-corrected chi connectivity index (χ2v) is 12.6. The van der Waals surface area contributed by atoms with Gasteiger partial charge in [-0.05, 0) is 79.5 Å². The molecule has 0 spiro atoms. The van der Waals surface area contributed by atoms with Gasteiger partial charge in [-0.3, -0.25) is 0 Å². The van der Waals surface area contributed by atoms with Gasteiger partial charge in [0.25, 0.3) is 0 Å². The summed E-state index contributed by atoms with van der Waals surface area (Å²) in [5.41, 5.74) is 4.18. The van der Waals surface area contributed by atoms with Gasteiger partial charge < -0.3 is 4.42 Å². The van der Waals surface area contributed by atoms with E-state index >= 15 is 0 Å². The van der Waals surface area contributed by atoms with E-state index in [0.29, 0.717) is 22.5 Å². The lowest BCUT2D eigenvalue weighted by Gasteiger charge is -2.13. The van der Waals surface area contributed by atoms with E-state index in [-0.39, 0.29) is 0 Å². The maximum Gasteiger partial charge on any atom is 0.167 e. The molecule has 0 aliphatic carbocycles. The van der Waals surface area contributed by atoms with Gasteiger partial charge in [0.15, 0.2) is 17.5 Å². The largest absolute Gasteiger partial charge is 0.455 e. The van der Waals surface area contributed by atoms with Crippen LogP contribution in [-0.4, -0.2) is 15.0 Å². The van der Waals surface area contributed by atoms with E-state index in [1.165, 1.54) is 5.39 Å². The molecular weight excluding hydrogens is 610 g/mol. The summed E-state index contributed by atoms with van der Waals surface area (Å²) >= 11 is 6.54. The summed E-state index contributed by atoms with van der Waals surface area (Å²) in [6, 6.07) is 50.0. The van der Waals surface area contributed by atoms with Crippen molar-refractivity contribution >= 4 is 76.6 Å². The number of nitrogens with zero attached hydrogens (tertiary/aromatic N) is 3. The highest BCUT2D eigenvalue weighted by molar-refractivity contribution is 6.32. The van der Waals surface area contributed by atoms with Crippen molar-refractivity contribution < 1.29 is 4.42 Å². The Kier molecular flexibility index (Phi) is 5.90. The third-order valence-corrected chi connectivity index (χ3v) is 9.55. The quantitative estimate of drug-likeness (QED) is 0.182. The number of hydrogen-bond acceptors (Lipinski definition) is 4. The SMILES string of the molecule is Clc1ccc2cc(-c3nc(-c4ccc5ccccc5c4)nc(-c4cc5ccccc5c5ccccc45)n3)c3oc4ccccc4c3c2c1. The first-order valence-electron chi connectivity index (χ1n) is 15.9. The number of hydrogen-bond donors (Lipinski definition) is 0. The highest BCUT2D eigenvalue weighted by Gasteiger charge is 2.21. The molecule has 8 aromatic carbocycles. The Balaban J connectivity index is 1.32. The second-order valence-electron chi connectivity index (χ2n) is 12.2. The number of rotatable bonds is 3. The van der Waals surface area contributed by atoms with E-state index in [2.05, 4.69) is 109 Å². The molecule has 0 aliphatic heterocycles. The van der Waals surface area contributed by atoms with Crippen molar-refractivity contribution in [3.8, 4) is 34.2 Å². The Bertz CT molecular complexity index is 2930. The molecule has 10 rings (SSSR count). The van der Waals surface area contributed by atoms with E-state index in [9.17, 15) is 0 Å². The van der Waals surface area contributed by atoms with Crippen molar-refractivity contribution in [1.29, 1.82) is 0 Å². The molecule has 0 N–H and O–H groups in total. The van der Waals surface area contributed by atoms with Gasteiger partial charge in [-0.1, -0.05) is 121 Å². The number of furan rings is 1. The Morgan fingerprint density at radius 1 is 0.417 bits per heavy atom. The van der Waals surface area contributed by atoms with Crippen molar-refractivity contribution in [1.82, 2.24) is 15.0 Å². The van der Waals surface area contributed by atoms with Crippen LogP contribution in [0.5, 0.6) is 0 Å². The van der Waals surface area contributed by atoms with Crippen LogP contribution in [0.3, 0.4) is 0 Å². The van der Waals surface area contributed by atoms with E-state index in [1.807, 2.05) is 36.4 Å². The summed E-state index contributed by atoms with van der Waals surface area (Å²) in [6.45, 7) is 0. The summed E-state index contributed by atoms with van der Waals surface area (Å²) in [5, 5.41) is 11.6. The topological polar surface area (TPSA) is 51.8 Å². The van der Waals surface area contributed by atoms with E-state index in [1.54, 1.807) is 0 Å². The minimum Gasteiger partial charge on any atom is -0.455 e. The molecule has 0 saturated heterocycles. The Labute approximate surface area is 279 Å². The third kappa shape index (κ3) is 4.20. The number of para-hydroxylation sites is 1. The molecule has 0 amide bonds. The minimum atomic E-state index is 0.543. The average molecular weight is 634 g/mol. The molecule has 5 heteroatoms. The fourth-order valence-corrected chi connectivity index (χ4v) is 7.25. The van der Waals surface area contributed by atoms with Crippen LogP contribution in [0, 0.1) is 0 Å². The summed E-state index contributed by atoms with van der Waals surface area (Å²) in [6.07, 6.45) is 0. The highest BCUT2D eigenvalue weighted by Crippen LogP contribution is 2.42. The number of aromatic nitrogens is 3. The van der Waals surface area contributed by atoms with Crippen LogP contribution in [0.25, 0.3) is 99.2 Å². The molecule has 0 unspecified atom stereocenters. The number of halogens is 1. The third-order valence-electron chi connectivity index (χ3n) is 9.32. The maximum absolute atomic E-state index is 6.62. The summed E-state index contributed by atoms with van der Waals surface area (Å²) in [7, 11) is 0. The van der Waals surface area contributed by atoms with Crippen molar-refractivity contribution in [2.45, 2.75) is 0 Å². The van der Waals surface area contributed by atoms with Crippen LogP contribution in [0.1, 0.15) is 0 Å². The van der Waals surface area contributed by atoms with Gasteiger partial charge in [-0.2, -0.15) is 0 Å². The Hall–Kier alpha value is -6.10. The highest BCUT2D eigenvalue weighted by atomic mass is 35.5. The van der Waals surface area contributed by atoms with Crippen molar-refractivity contribution in [3.05, 3.63) is 151 Å². The second kappa shape index (κ2) is 10.5. The summed E-state index contributed by atoms with van der Waals surface area (Å²) < 4.78 is 6.62. The van der Waals surface area contributed by atoms with Crippen LogP contribution in [0.2, 0.25) is 5.02 Å². The zero-order valence-corrected chi connectivity index (χ0v) is 26.2. The normalized spacial score (nSPS) is 11.9. The van der Waals surface area contributed by atoms with Crippen LogP contribution in [0.15, 0.2) is 150 Å². The molecule has 4 nitrogen and oxygen atoms in total. The lowest BCUT2D eigenvalue weighted by Crippen LogP contribution is -2.01. The molecule has 0 radical (unpaired) electrons. The van der Waals surface area contributed by atoms with Gasteiger partial charge in [0.2, 0.25) is 0 Å². The summed E-state index contributed by atoms with van der Waals surface area (Å²) in [4.78, 5) is 15.6. The molecule has 10 aromatic rings. The van der Waals surface area contributed by atoms with Crippen LogP contribution in [-0.2, 0) is 0 Å². The van der Waals surface area contributed by atoms with E-state index in [0.717, 1.165) is 76.3 Å². The molecule has 0 bridgehead atoms. The van der Waals surface area contributed by atoms with E-state index in [4.69, 9.17) is 31.0 Å². The molecular formula is C43H24ClN3O. The minimum absolute atomic E-state index is 0.543. The maximum atomic E-state index is 6.62. The lowest BCUT2D eigenvalue weighted by molar-refractivity contribution is 0.670. The number of fused-ring (bicyclic) bond motifs is 9. The van der Waals surface area contributed by atoms with Crippen molar-refractivity contribution in [2.75, 3.05) is 0 Å². The predicted octanol–water partition coefficient (Wildman–Crippen LogP) is 12.0. The first-order valence-corrected chi connectivity index (χ1v) is 16.3. The van der Waals surface area contributed by atoms with Gasteiger partial charge in [0.05, 0.1) is 5.56 Å². The smallest absolute Gasteiger partial charge is 0.167 e. The first-order chi connectivity index (χ1) is 23.7. The first kappa shape index (κ1) is 27.1.